The molecule has 2 aliphatic rings. The molecule has 1 aliphatic carbocycles. The highest BCUT2D eigenvalue weighted by Crippen LogP contribution is 2.30. The lowest BCUT2D eigenvalue weighted by atomic mass is 10.0. The third-order valence-corrected chi connectivity index (χ3v) is 4.27. The minimum Gasteiger partial charge on any atom is -0.341 e. The van der Waals surface area contributed by atoms with Crippen LogP contribution in [0.5, 0.6) is 0 Å². The highest BCUT2D eigenvalue weighted by atomic mass is 16.1. The molecule has 1 aromatic carbocycles. The molecule has 3 N–H and O–H groups in total. The van der Waals surface area contributed by atoms with Gasteiger partial charge in [0.05, 0.1) is 5.69 Å². The standard InChI is InChI=1S/C17H18N4O/c22-17-8-5-12-9-13(6-7-14(12)19-17)18-16-10-15(20-21-16)11-3-1-2-4-11/h1,3,6-7,9-11H,2,4-5,8H2,(H,19,22)(H2,18,20,21)/t11-/m1/s1. The molecule has 0 spiro atoms. The van der Waals surface area contributed by atoms with Gasteiger partial charge in [-0.05, 0) is 43.0 Å². The molecular weight excluding hydrogens is 276 g/mol. The van der Waals surface area contributed by atoms with Crippen LogP contribution in [-0.4, -0.2) is 16.1 Å². The molecule has 1 aromatic heterocycles. The van der Waals surface area contributed by atoms with Gasteiger partial charge in [0.1, 0.15) is 5.82 Å². The predicted molar refractivity (Wildman–Crippen MR) is 86.4 cm³/mol. The van der Waals surface area contributed by atoms with Gasteiger partial charge in [0, 0.05) is 29.8 Å². The van der Waals surface area contributed by atoms with Gasteiger partial charge in [-0.3, -0.25) is 9.89 Å². The monoisotopic (exact) mass is 294 g/mol. The van der Waals surface area contributed by atoms with Crippen molar-refractivity contribution in [3.8, 4) is 0 Å². The first-order valence-electron chi connectivity index (χ1n) is 7.70. The summed E-state index contributed by atoms with van der Waals surface area (Å²) in [4.78, 5) is 11.4. The Hall–Kier alpha value is -2.56. The number of rotatable bonds is 3. The lowest BCUT2D eigenvalue weighted by Crippen LogP contribution is -2.18. The fourth-order valence-corrected chi connectivity index (χ4v) is 3.09. The van der Waals surface area contributed by atoms with Crippen molar-refractivity contribution in [2.45, 2.75) is 31.6 Å². The SMILES string of the molecule is O=C1CCc2cc(Nc3cc([C@@H]4C=CCC4)n[nH]3)ccc2N1. The van der Waals surface area contributed by atoms with Crippen molar-refractivity contribution in [1.82, 2.24) is 10.2 Å². The van der Waals surface area contributed by atoms with Crippen LogP contribution in [0.15, 0.2) is 36.4 Å². The van der Waals surface area contributed by atoms with Crippen molar-refractivity contribution in [2.24, 2.45) is 0 Å². The van der Waals surface area contributed by atoms with E-state index in [2.05, 4.69) is 45.1 Å². The van der Waals surface area contributed by atoms with Crippen molar-refractivity contribution in [1.29, 1.82) is 0 Å². The summed E-state index contributed by atoms with van der Waals surface area (Å²) < 4.78 is 0. The van der Waals surface area contributed by atoms with Crippen molar-refractivity contribution in [3.05, 3.63) is 47.7 Å². The van der Waals surface area contributed by atoms with Crippen LogP contribution in [0.1, 0.15) is 36.4 Å². The topological polar surface area (TPSA) is 69.8 Å². The van der Waals surface area contributed by atoms with Gasteiger partial charge in [-0.1, -0.05) is 12.2 Å². The molecule has 0 radical (unpaired) electrons. The van der Waals surface area contributed by atoms with Crippen LogP contribution in [-0.2, 0) is 11.2 Å². The molecule has 0 bridgehead atoms. The van der Waals surface area contributed by atoms with E-state index in [1.165, 1.54) is 5.56 Å². The zero-order chi connectivity index (χ0) is 14.9. The van der Waals surface area contributed by atoms with Crippen LogP contribution in [0.4, 0.5) is 17.2 Å². The number of benzene rings is 1. The maximum Gasteiger partial charge on any atom is 0.224 e. The second-order valence-corrected chi connectivity index (χ2v) is 5.86. The number of H-pyrrole nitrogens is 1. The van der Waals surface area contributed by atoms with Crippen LogP contribution < -0.4 is 10.6 Å². The quantitative estimate of drug-likeness (QED) is 0.759. The summed E-state index contributed by atoms with van der Waals surface area (Å²) in [5.74, 6) is 1.43. The summed E-state index contributed by atoms with van der Waals surface area (Å²) in [5, 5.41) is 13.7. The molecule has 0 saturated heterocycles. The Morgan fingerprint density at radius 2 is 2.18 bits per heavy atom. The Kier molecular flexibility index (Phi) is 3.18. The number of allylic oxidation sites excluding steroid dienone is 2. The van der Waals surface area contributed by atoms with Crippen LogP contribution in [0.25, 0.3) is 0 Å². The fourth-order valence-electron chi connectivity index (χ4n) is 3.09. The van der Waals surface area contributed by atoms with E-state index in [-0.39, 0.29) is 5.91 Å². The first-order chi connectivity index (χ1) is 10.8. The first-order valence-corrected chi connectivity index (χ1v) is 7.70. The largest absolute Gasteiger partial charge is 0.341 e. The van der Waals surface area contributed by atoms with E-state index >= 15 is 0 Å². The smallest absolute Gasteiger partial charge is 0.224 e. The summed E-state index contributed by atoms with van der Waals surface area (Å²) >= 11 is 0. The molecule has 5 heteroatoms. The highest BCUT2D eigenvalue weighted by Gasteiger charge is 2.16. The molecule has 1 atom stereocenters. The summed E-state index contributed by atoms with van der Waals surface area (Å²) in [6.45, 7) is 0. The Balaban J connectivity index is 1.51. The number of hydrogen-bond acceptors (Lipinski definition) is 3. The molecule has 2 aromatic rings. The molecule has 1 aliphatic heterocycles. The van der Waals surface area contributed by atoms with Gasteiger partial charge in [0.2, 0.25) is 5.91 Å². The van der Waals surface area contributed by atoms with Gasteiger partial charge in [0.25, 0.3) is 0 Å². The number of nitrogens with zero attached hydrogens (tertiary/aromatic N) is 1. The number of aryl methyl sites for hydroxylation is 1. The molecule has 0 fully saturated rings. The minimum absolute atomic E-state index is 0.0936. The van der Waals surface area contributed by atoms with Crippen molar-refractivity contribution < 1.29 is 4.79 Å². The third-order valence-electron chi connectivity index (χ3n) is 4.27. The second-order valence-electron chi connectivity index (χ2n) is 5.86. The Bertz CT molecular complexity index is 747. The Morgan fingerprint density at radius 3 is 3.05 bits per heavy atom. The maximum atomic E-state index is 11.4. The molecule has 1 amide bonds. The first kappa shape index (κ1) is 13.1. The van der Waals surface area contributed by atoms with Crippen LogP contribution in [0.3, 0.4) is 0 Å². The van der Waals surface area contributed by atoms with E-state index in [0.29, 0.717) is 12.3 Å². The van der Waals surface area contributed by atoms with Gasteiger partial charge >= 0.3 is 0 Å². The predicted octanol–water partition coefficient (Wildman–Crippen LogP) is 3.47. The number of aromatic nitrogens is 2. The van der Waals surface area contributed by atoms with E-state index in [9.17, 15) is 4.79 Å². The number of fused-ring (bicyclic) bond motifs is 1. The van der Waals surface area contributed by atoms with Gasteiger partial charge < -0.3 is 10.6 Å². The molecule has 112 valence electrons. The van der Waals surface area contributed by atoms with Gasteiger partial charge in [-0.15, -0.1) is 0 Å². The summed E-state index contributed by atoms with van der Waals surface area (Å²) in [5.41, 5.74) is 4.18. The Labute approximate surface area is 128 Å². The van der Waals surface area contributed by atoms with E-state index in [4.69, 9.17) is 0 Å². The number of anilines is 3. The number of carbonyl (C=O) groups is 1. The van der Waals surface area contributed by atoms with Crippen LogP contribution in [0.2, 0.25) is 0 Å². The molecular formula is C17H18N4O. The Morgan fingerprint density at radius 1 is 1.23 bits per heavy atom. The van der Waals surface area contributed by atoms with Gasteiger partial charge in [0.15, 0.2) is 0 Å². The van der Waals surface area contributed by atoms with Crippen LogP contribution in [0, 0.1) is 0 Å². The number of amides is 1. The third kappa shape index (κ3) is 2.50. The normalized spacial score (nSPS) is 19.8. The van der Waals surface area contributed by atoms with Crippen LogP contribution >= 0.6 is 0 Å². The molecule has 2 heterocycles. The maximum absolute atomic E-state index is 11.4. The lowest BCUT2D eigenvalue weighted by molar-refractivity contribution is -0.116. The number of hydrogen-bond donors (Lipinski definition) is 3. The minimum atomic E-state index is 0.0936. The summed E-state index contributed by atoms with van der Waals surface area (Å²) in [7, 11) is 0. The number of aromatic amines is 1. The fraction of sp³-hybridized carbons (Fsp3) is 0.294. The number of carbonyl (C=O) groups excluding carboxylic acids is 1. The molecule has 0 saturated carbocycles. The van der Waals surface area contributed by atoms with E-state index in [1.807, 2.05) is 12.1 Å². The molecule has 5 nitrogen and oxygen atoms in total. The lowest BCUT2D eigenvalue weighted by Gasteiger charge is -2.17. The summed E-state index contributed by atoms with van der Waals surface area (Å²) in [6, 6.07) is 8.08. The van der Waals surface area contributed by atoms with E-state index in [0.717, 1.165) is 42.1 Å². The average molecular weight is 294 g/mol. The molecule has 22 heavy (non-hydrogen) atoms. The van der Waals surface area contributed by atoms with E-state index < -0.39 is 0 Å². The van der Waals surface area contributed by atoms with Crippen molar-refractivity contribution >= 4 is 23.1 Å². The van der Waals surface area contributed by atoms with Gasteiger partial charge in [-0.2, -0.15) is 5.10 Å². The van der Waals surface area contributed by atoms with Crippen molar-refractivity contribution in [3.63, 3.8) is 0 Å². The zero-order valence-electron chi connectivity index (χ0n) is 12.2. The number of nitrogens with one attached hydrogen (secondary N) is 3. The highest BCUT2D eigenvalue weighted by molar-refractivity contribution is 5.94. The summed E-state index contributed by atoms with van der Waals surface area (Å²) in [6.07, 6.45) is 8.06. The van der Waals surface area contributed by atoms with Gasteiger partial charge in [-0.25, -0.2) is 0 Å². The molecule has 0 unspecified atom stereocenters. The van der Waals surface area contributed by atoms with Crippen molar-refractivity contribution in [2.75, 3.05) is 10.6 Å². The molecule has 4 rings (SSSR count). The zero-order valence-corrected chi connectivity index (χ0v) is 12.2. The second kappa shape index (κ2) is 5.33. The average Bonchev–Trinajstić information content (AvgIpc) is 3.18. The van der Waals surface area contributed by atoms with E-state index in [1.54, 1.807) is 0 Å².